The third-order valence-electron chi connectivity index (χ3n) is 2.98. The molecule has 3 N–H and O–H groups in total. The van der Waals surface area contributed by atoms with Crippen LogP contribution in [0.3, 0.4) is 0 Å². The molecule has 0 heterocycles. The lowest BCUT2D eigenvalue weighted by atomic mass is 10.1. The summed E-state index contributed by atoms with van der Waals surface area (Å²) >= 11 is 3.40. The first-order chi connectivity index (χ1) is 11.0. The van der Waals surface area contributed by atoms with Crippen LogP contribution in [0.4, 0.5) is 15.8 Å². The number of halogens is 2. The summed E-state index contributed by atoms with van der Waals surface area (Å²) in [5, 5.41) is 19.2. The lowest BCUT2D eigenvalue weighted by molar-refractivity contribution is -0.137. The molecule has 5 nitrogen and oxygen atoms in total. The fourth-order valence-corrected chi connectivity index (χ4v) is 2.43. The minimum Gasteiger partial charge on any atom is -0.492 e. The smallest absolute Gasteiger partial charge is 0.306 e. The maximum Gasteiger partial charge on any atom is 0.306 e. The molecule has 0 aromatic heterocycles. The second-order valence-corrected chi connectivity index (χ2v) is 5.40. The number of hydrogen-bond acceptors (Lipinski definition) is 4. The number of carboxylic acid groups (broad SMARTS) is 1. The SMILES string of the molecule is N=Cc1ccc(OCCC(=O)O)c(Br)c1Nc1ccc(F)cc1. The van der Waals surface area contributed by atoms with Crippen molar-refractivity contribution in [1.29, 1.82) is 5.41 Å². The maximum atomic E-state index is 13.0. The zero-order chi connectivity index (χ0) is 16.8. The average Bonchev–Trinajstić information content (AvgIpc) is 2.52. The van der Waals surface area contributed by atoms with Crippen LogP contribution >= 0.6 is 15.9 Å². The lowest BCUT2D eigenvalue weighted by Crippen LogP contribution is -2.06. The van der Waals surface area contributed by atoms with E-state index in [1.54, 1.807) is 24.3 Å². The molecule has 0 saturated carbocycles. The molecule has 0 aliphatic heterocycles. The number of carbonyl (C=O) groups is 1. The zero-order valence-electron chi connectivity index (χ0n) is 12.0. The summed E-state index contributed by atoms with van der Waals surface area (Å²) in [6.07, 6.45) is 1.07. The van der Waals surface area contributed by atoms with Crippen LogP contribution < -0.4 is 10.1 Å². The van der Waals surface area contributed by atoms with Crippen molar-refractivity contribution in [3.63, 3.8) is 0 Å². The number of aliphatic carboxylic acids is 1. The van der Waals surface area contributed by atoms with E-state index >= 15 is 0 Å². The molecule has 0 aliphatic carbocycles. The monoisotopic (exact) mass is 380 g/mol. The Hall–Kier alpha value is -2.41. The molecule has 2 rings (SSSR count). The highest BCUT2D eigenvalue weighted by molar-refractivity contribution is 9.10. The van der Waals surface area contributed by atoms with Gasteiger partial charge < -0.3 is 20.6 Å². The van der Waals surface area contributed by atoms with Crippen LogP contribution in [-0.2, 0) is 4.79 Å². The van der Waals surface area contributed by atoms with E-state index in [2.05, 4.69) is 21.2 Å². The Labute approximate surface area is 140 Å². The molecule has 0 radical (unpaired) electrons. The zero-order valence-corrected chi connectivity index (χ0v) is 13.6. The van der Waals surface area contributed by atoms with E-state index in [1.165, 1.54) is 18.3 Å². The molecule has 0 bridgehead atoms. The summed E-state index contributed by atoms with van der Waals surface area (Å²) in [5.74, 6) is -0.823. The number of anilines is 2. The van der Waals surface area contributed by atoms with Crippen LogP contribution in [-0.4, -0.2) is 23.9 Å². The fourth-order valence-electron chi connectivity index (χ4n) is 1.86. The van der Waals surface area contributed by atoms with Gasteiger partial charge in [0.15, 0.2) is 0 Å². The Morgan fingerprint density at radius 1 is 1.30 bits per heavy atom. The number of carboxylic acids is 1. The second kappa shape index (κ2) is 7.73. The van der Waals surface area contributed by atoms with Crippen LogP contribution in [0, 0.1) is 11.2 Å². The summed E-state index contributed by atoms with van der Waals surface area (Å²) in [7, 11) is 0. The Morgan fingerprint density at radius 2 is 2.00 bits per heavy atom. The van der Waals surface area contributed by atoms with Gasteiger partial charge in [-0.2, -0.15) is 0 Å². The predicted octanol–water partition coefficient (Wildman–Crippen LogP) is 4.18. The highest BCUT2D eigenvalue weighted by Gasteiger charge is 2.12. The Bertz CT molecular complexity index is 720. The quantitative estimate of drug-likeness (QED) is 0.629. The van der Waals surface area contributed by atoms with Crippen molar-refractivity contribution in [3.8, 4) is 5.75 Å². The average molecular weight is 381 g/mol. The number of rotatable bonds is 7. The number of hydrogen-bond donors (Lipinski definition) is 3. The number of ether oxygens (including phenoxy) is 1. The van der Waals surface area contributed by atoms with Crippen LogP contribution in [0.15, 0.2) is 40.9 Å². The summed E-state index contributed by atoms with van der Waals surface area (Å²) in [5.41, 5.74) is 1.84. The molecule has 7 heteroatoms. The highest BCUT2D eigenvalue weighted by atomic mass is 79.9. The van der Waals surface area contributed by atoms with Crippen molar-refractivity contribution in [2.45, 2.75) is 6.42 Å². The first-order valence-electron chi connectivity index (χ1n) is 6.71. The molecule has 0 fully saturated rings. The van der Waals surface area contributed by atoms with Crippen LogP contribution in [0.25, 0.3) is 0 Å². The van der Waals surface area contributed by atoms with Crippen LogP contribution in [0.5, 0.6) is 5.75 Å². The van der Waals surface area contributed by atoms with Crippen molar-refractivity contribution in [3.05, 3.63) is 52.3 Å². The van der Waals surface area contributed by atoms with E-state index in [0.717, 1.165) is 0 Å². The lowest BCUT2D eigenvalue weighted by Gasteiger charge is -2.15. The molecule has 0 aliphatic rings. The van der Waals surface area contributed by atoms with Crippen molar-refractivity contribution >= 4 is 39.5 Å². The van der Waals surface area contributed by atoms with Gasteiger partial charge in [-0.05, 0) is 52.3 Å². The number of nitrogens with one attached hydrogen (secondary N) is 2. The van der Waals surface area contributed by atoms with Gasteiger partial charge in [0.25, 0.3) is 0 Å². The molecular formula is C16H14BrFN2O3. The molecular weight excluding hydrogens is 367 g/mol. The number of benzene rings is 2. The van der Waals surface area contributed by atoms with Crippen molar-refractivity contribution < 1.29 is 19.0 Å². The molecule has 120 valence electrons. The third kappa shape index (κ3) is 4.53. The van der Waals surface area contributed by atoms with Crippen molar-refractivity contribution in [2.75, 3.05) is 11.9 Å². The van der Waals surface area contributed by atoms with Gasteiger partial charge in [-0.25, -0.2) is 4.39 Å². The molecule has 0 amide bonds. The summed E-state index contributed by atoms with van der Waals surface area (Å²) in [4.78, 5) is 10.5. The second-order valence-electron chi connectivity index (χ2n) is 4.61. The Morgan fingerprint density at radius 3 is 2.61 bits per heavy atom. The van der Waals surface area contributed by atoms with Crippen molar-refractivity contribution in [2.24, 2.45) is 0 Å². The van der Waals surface area contributed by atoms with Gasteiger partial charge >= 0.3 is 5.97 Å². The minimum atomic E-state index is -0.943. The molecule has 0 spiro atoms. The van der Waals surface area contributed by atoms with E-state index < -0.39 is 5.97 Å². The molecule has 2 aromatic carbocycles. The van der Waals surface area contributed by atoms with Gasteiger partial charge in [0.2, 0.25) is 0 Å². The summed E-state index contributed by atoms with van der Waals surface area (Å²) in [6, 6.07) is 9.14. The normalized spacial score (nSPS) is 10.2. The topological polar surface area (TPSA) is 82.4 Å². The largest absolute Gasteiger partial charge is 0.492 e. The first-order valence-corrected chi connectivity index (χ1v) is 7.50. The Balaban J connectivity index is 2.26. The van der Waals surface area contributed by atoms with Gasteiger partial charge in [0.05, 0.1) is 23.2 Å². The van der Waals surface area contributed by atoms with Crippen LogP contribution in [0.2, 0.25) is 0 Å². The van der Waals surface area contributed by atoms with Gasteiger partial charge in [-0.15, -0.1) is 0 Å². The van der Waals surface area contributed by atoms with Crippen LogP contribution in [0.1, 0.15) is 12.0 Å². The van der Waals surface area contributed by atoms with E-state index in [4.69, 9.17) is 15.3 Å². The first kappa shape index (κ1) is 17.0. The van der Waals surface area contributed by atoms with Crippen molar-refractivity contribution in [1.82, 2.24) is 0 Å². The molecule has 0 atom stereocenters. The van der Waals surface area contributed by atoms with E-state index in [0.29, 0.717) is 27.2 Å². The molecule has 2 aromatic rings. The van der Waals surface area contributed by atoms with Gasteiger partial charge in [0, 0.05) is 17.5 Å². The fraction of sp³-hybridized carbons (Fsp3) is 0.125. The molecule has 23 heavy (non-hydrogen) atoms. The highest BCUT2D eigenvalue weighted by Crippen LogP contribution is 2.36. The van der Waals surface area contributed by atoms with Gasteiger partial charge in [-0.3, -0.25) is 4.79 Å². The predicted molar refractivity (Wildman–Crippen MR) is 89.5 cm³/mol. The minimum absolute atomic E-state index is 0.0356. The molecule has 0 saturated heterocycles. The third-order valence-corrected chi connectivity index (χ3v) is 3.77. The van der Waals surface area contributed by atoms with E-state index in [-0.39, 0.29) is 18.8 Å². The Kier molecular flexibility index (Phi) is 5.70. The summed E-state index contributed by atoms with van der Waals surface area (Å²) in [6.45, 7) is 0.0356. The van der Waals surface area contributed by atoms with E-state index in [1.807, 2.05) is 0 Å². The standard InChI is InChI=1S/C16H14BrFN2O3/c17-15-13(23-8-7-14(21)22)6-1-10(9-19)16(15)20-12-4-2-11(18)3-5-12/h1-6,9,19-20H,7-8H2,(H,21,22). The van der Waals surface area contributed by atoms with Gasteiger partial charge in [-0.1, -0.05) is 0 Å². The van der Waals surface area contributed by atoms with Gasteiger partial charge in [0.1, 0.15) is 11.6 Å². The maximum absolute atomic E-state index is 13.0. The van der Waals surface area contributed by atoms with E-state index in [9.17, 15) is 9.18 Å². The summed E-state index contributed by atoms with van der Waals surface area (Å²) < 4.78 is 19.0. The molecule has 0 unspecified atom stereocenters.